The molecule has 178 valence electrons. The van der Waals surface area contributed by atoms with E-state index in [-0.39, 0.29) is 28.7 Å². The van der Waals surface area contributed by atoms with Gasteiger partial charge in [0.1, 0.15) is 34.4 Å². The lowest BCUT2D eigenvalue weighted by atomic mass is 9.99. The van der Waals surface area contributed by atoms with E-state index < -0.39 is 17.3 Å². The van der Waals surface area contributed by atoms with E-state index in [4.69, 9.17) is 5.73 Å². The highest BCUT2D eigenvalue weighted by Crippen LogP contribution is 2.37. The molecule has 1 aromatic rings. The summed E-state index contributed by atoms with van der Waals surface area (Å²) >= 11 is 1.03. The zero-order valence-corrected chi connectivity index (χ0v) is 20.1. The first kappa shape index (κ1) is 25.5. The summed E-state index contributed by atoms with van der Waals surface area (Å²) < 4.78 is 15.0. The molecule has 3 N–H and O–H groups in total. The largest absolute Gasteiger partial charge is 0.368 e. The molecule has 2 aliphatic rings. The maximum Gasteiger partial charge on any atom is 0.235 e. The Labute approximate surface area is 204 Å². The SMILES string of the molecule is C=C/C=C(\C=C)C(Sc1nc(N2CCC(NC3CC3)C(F)C2)c(C#N)c(CC)c1C#N)C(N)=O. The van der Waals surface area contributed by atoms with Crippen LogP contribution in [0.5, 0.6) is 0 Å². The van der Waals surface area contributed by atoms with E-state index >= 15 is 4.39 Å². The highest BCUT2D eigenvalue weighted by molar-refractivity contribution is 8.00. The van der Waals surface area contributed by atoms with Crippen molar-refractivity contribution in [2.24, 2.45) is 5.73 Å². The summed E-state index contributed by atoms with van der Waals surface area (Å²) in [5, 5.41) is 22.6. The third-order valence-corrected chi connectivity index (χ3v) is 7.29. The molecular weight excluding hydrogens is 451 g/mol. The van der Waals surface area contributed by atoms with Gasteiger partial charge in [0.25, 0.3) is 0 Å². The van der Waals surface area contributed by atoms with Crippen LogP contribution in [-0.4, -0.2) is 47.5 Å². The summed E-state index contributed by atoms with van der Waals surface area (Å²) in [5.74, 6) is -0.284. The highest BCUT2D eigenvalue weighted by atomic mass is 32.2. The second-order valence-electron chi connectivity index (χ2n) is 8.35. The Hall–Kier alpha value is -3.14. The van der Waals surface area contributed by atoms with Gasteiger partial charge in [0.05, 0.1) is 17.7 Å². The number of piperidine rings is 1. The summed E-state index contributed by atoms with van der Waals surface area (Å²) in [7, 11) is 0. The maximum absolute atomic E-state index is 15.0. The number of anilines is 1. The molecule has 0 aromatic carbocycles. The van der Waals surface area contributed by atoms with E-state index in [1.54, 1.807) is 11.0 Å². The molecule has 0 bridgehead atoms. The van der Waals surface area contributed by atoms with Gasteiger partial charge in [0.2, 0.25) is 5.91 Å². The molecule has 3 rings (SSSR count). The van der Waals surface area contributed by atoms with Gasteiger partial charge in [-0.25, -0.2) is 9.37 Å². The summed E-state index contributed by atoms with van der Waals surface area (Å²) in [6.45, 7) is 9.86. The number of hydrogen-bond acceptors (Lipinski definition) is 7. The van der Waals surface area contributed by atoms with Crippen LogP contribution in [0.2, 0.25) is 0 Å². The fourth-order valence-electron chi connectivity index (χ4n) is 4.14. The average molecular weight is 481 g/mol. The average Bonchev–Trinajstić information content (AvgIpc) is 3.65. The van der Waals surface area contributed by atoms with Crippen molar-refractivity contribution >= 4 is 23.5 Å². The van der Waals surface area contributed by atoms with Crippen molar-refractivity contribution < 1.29 is 9.18 Å². The lowest BCUT2D eigenvalue weighted by Gasteiger charge is -2.36. The number of halogens is 1. The van der Waals surface area contributed by atoms with Crippen LogP contribution in [0.3, 0.4) is 0 Å². The minimum absolute atomic E-state index is 0.0960. The molecule has 0 radical (unpaired) electrons. The third kappa shape index (κ3) is 5.49. The van der Waals surface area contributed by atoms with Crippen molar-refractivity contribution in [3.63, 3.8) is 0 Å². The molecule has 3 unspecified atom stereocenters. The van der Waals surface area contributed by atoms with Gasteiger partial charge in [-0.15, -0.1) is 0 Å². The van der Waals surface area contributed by atoms with Crippen molar-refractivity contribution in [3.8, 4) is 12.1 Å². The van der Waals surface area contributed by atoms with Crippen LogP contribution in [0.1, 0.15) is 42.9 Å². The molecule has 7 nitrogen and oxygen atoms in total. The Morgan fingerprint density at radius 2 is 2.06 bits per heavy atom. The van der Waals surface area contributed by atoms with Crippen LogP contribution in [0.15, 0.2) is 42.0 Å². The van der Waals surface area contributed by atoms with Crippen molar-refractivity contribution in [3.05, 3.63) is 53.6 Å². The van der Waals surface area contributed by atoms with Crippen LogP contribution < -0.4 is 16.0 Å². The van der Waals surface area contributed by atoms with Crippen LogP contribution in [0.25, 0.3) is 0 Å². The number of primary amides is 1. The Morgan fingerprint density at radius 1 is 1.35 bits per heavy atom. The molecule has 34 heavy (non-hydrogen) atoms. The van der Waals surface area contributed by atoms with Crippen LogP contribution in [0, 0.1) is 22.7 Å². The van der Waals surface area contributed by atoms with Crippen molar-refractivity contribution in [1.29, 1.82) is 10.5 Å². The predicted octanol–water partition coefficient (Wildman–Crippen LogP) is 3.30. The summed E-state index contributed by atoms with van der Waals surface area (Å²) in [6.07, 6.45) is 6.70. The smallest absolute Gasteiger partial charge is 0.235 e. The quantitative estimate of drug-likeness (QED) is 0.389. The number of hydrogen-bond donors (Lipinski definition) is 2. The van der Waals surface area contributed by atoms with Gasteiger partial charge in [-0.1, -0.05) is 50.1 Å². The fraction of sp³-hybridized carbons (Fsp3) is 0.440. The van der Waals surface area contributed by atoms with Crippen molar-refractivity contribution in [2.75, 3.05) is 18.0 Å². The standard InChI is InChI=1S/C25H29FN6OS/c1-4-7-15(5-2)22(23(29)33)34-25-19(13-28)17(6-3)18(12-27)24(31-25)32-11-10-21(20(26)14-32)30-16-8-9-16/h4-5,7,16,20-22,30H,1-2,6,8-11,14H2,3H3,(H2,29,33)/b15-7+. The normalized spacial score (nSPS) is 21.3. The number of pyridine rings is 1. The zero-order valence-electron chi connectivity index (χ0n) is 19.3. The molecule has 1 amide bonds. The van der Waals surface area contributed by atoms with E-state index in [0.717, 1.165) is 24.6 Å². The van der Waals surface area contributed by atoms with Gasteiger partial charge in [0, 0.05) is 18.6 Å². The van der Waals surface area contributed by atoms with Gasteiger partial charge in [0.15, 0.2) is 0 Å². The molecule has 1 saturated carbocycles. The maximum atomic E-state index is 15.0. The predicted molar refractivity (Wildman–Crippen MR) is 132 cm³/mol. The Morgan fingerprint density at radius 3 is 2.56 bits per heavy atom. The highest BCUT2D eigenvalue weighted by Gasteiger charge is 2.36. The van der Waals surface area contributed by atoms with Crippen LogP contribution in [-0.2, 0) is 11.2 Å². The van der Waals surface area contributed by atoms with Gasteiger partial charge in [-0.2, -0.15) is 10.5 Å². The molecule has 1 aliphatic heterocycles. The number of alkyl halides is 1. The monoisotopic (exact) mass is 480 g/mol. The van der Waals surface area contributed by atoms with Gasteiger partial charge in [-0.05, 0) is 36.8 Å². The number of rotatable bonds is 10. The number of nitrogens with two attached hydrogens (primary N) is 1. The summed E-state index contributed by atoms with van der Waals surface area (Å²) in [6, 6.07) is 4.51. The van der Waals surface area contributed by atoms with E-state index in [2.05, 4.69) is 35.6 Å². The first-order chi connectivity index (χ1) is 16.4. The summed E-state index contributed by atoms with van der Waals surface area (Å²) in [4.78, 5) is 18.7. The molecule has 3 atom stereocenters. The topological polar surface area (TPSA) is 119 Å². The van der Waals surface area contributed by atoms with E-state index in [1.165, 1.54) is 12.2 Å². The Kier molecular flexibility index (Phi) is 8.49. The first-order valence-electron chi connectivity index (χ1n) is 11.3. The lowest BCUT2D eigenvalue weighted by Crippen LogP contribution is -2.52. The molecule has 2 heterocycles. The van der Waals surface area contributed by atoms with E-state index in [9.17, 15) is 15.3 Å². The van der Waals surface area contributed by atoms with Gasteiger partial charge < -0.3 is 16.0 Å². The van der Waals surface area contributed by atoms with Crippen LogP contribution in [0.4, 0.5) is 10.2 Å². The minimum Gasteiger partial charge on any atom is -0.368 e. The van der Waals surface area contributed by atoms with Gasteiger partial charge >= 0.3 is 0 Å². The summed E-state index contributed by atoms with van der Waals surface area (Å²) in [5.41, 5.74) is 7.21. The number of aromatic nitrogens is 1. The fourth-order valence-corrected chi connectivity index (χ4v) is 5.21. The molecule has 9 heteroatoms. The zero-order chi connectivity index (χ0) is 24.8. The molecular formula is C25H29FN6OS. The lowest BCUT2D eigenvalue weighted by molar-refractivity contribution is -0.116. The number of carbonyl (C=O) groups excluding carboxylic acids is 1. The Bertz CT molecular complexity index is 1080. The minimum atomic E-state index is -1.11. The Balaban J connectivity index is 2.03. The molecule has 1 aliphatic carbocycles. The first-order valence-corrected chi connectivity index (χ1v) is 12.2. The number of thioether (sulfide) groups is 1. The molecule has 0 spiro atoms. The van der Waals surface area contributed by atoms with E-state index in [0.29, 0.717) is 42.4 Å². The third-order valence-electron chi connectivity index (χ3n) is 6.03. The number of amides is 1. The molecule has 2 fully saturated rings. The van der Waals surface area contributed by atoms with E-state index in [1.807, 2.05) is 6.92 Å². The second kappa shape index (κ2) is 11.3. The van der Waals surface area contributed by atoms with Crippen LogP contribution >= 0.6 is 11.8 Å². The number of carbonyl (C=O) groups is 1. The van der Waals surface area contributed by atoms with Crippen molar-refractivity contribution in [2.45, 2.75) is 61.1 Å². The van der Waals surface area contributed by atoms with Crippen molar-refractivity contribution in [1.82, 2.24) is 10.3 Å². The number of nitrogens with one attached hydrogen (secondary N) is 1. The number of nitriles is 2. The number of allylic oxidation sites excluding steroid dienone is 3. The number of nitrogens with zero attached hydrogens (tertiary/aromatic N) is 4. The molecule has 1 saturated heterocycles. The van der Waals surface area contributed by atoms with Gasteiger partial charge in [-0.3, -0.25) is 4.79 Å². The second-order valence-corrected chi connectivity index (χ2v) is 9.44. The molecule has 1 aromatic heterocycles.